The second-order valence-electron chi connectivity index (χ2n) is 8.98. The molecule has 4 aromatic rings. The number of hydrogen-bond donors (Lipinski definition) is 4. The van der Waals surface area contributed by atoms with Crippen LogP contribution in [0.25, 0.3) is 11.2 Å². The Kier molecular flexibility index (Phi) is 8.34. The van der Waals surface area contributed by atoms with Crippen LogP contribution in [0.2, 0.25) is 0 Å². The molecule has 0 aliphatic carbocycles. The van der Waals surface area contributed by atoms with Crippen molar-refractivity contribution in [1.29, 1.82) is 0 Å². The van der Waals surface area contributed by atoms with Crippen LogP contribution in [-0.2, 0) is 16.2 Å². The number of aliphatic hydroxyl groups excluding tert-OH is 3. The first-order valence-corrected chi connectivity index (χ1v) is 14.0. The number of aromatic nitrogens is 4. The lowest BCUT2D eigenvalue weighted by atomic mass is 10.1. The summed E-state index contributed by atoms with van der Waals surface area (Å²) in [5, 5.41) is 53.5. The number of nitrogens with zero attached hydrogens (tertiary/aromatic N) is 6. The van der Waals surface area contributed by atoms with Gasteiger partial charge >= 0.3 is 0 Å². The van der Waals surface area contributed by atoms with Crippen molar-refractivity contribution in [2.24, 2.45) is 0 Å². The first-order chi connectivity index (χ1) is 19.7. The van der Waals surface area contributed by atoms with Crippen molar-refractivity contribution in [2.75, 3.05) is 12.3 Å². The summed E-state index contributed by atoms with van der Waals surface area (Å²) >= 11 is 2.52. The second kappa shape index (κ2) is 11.9. The first kappa shape index (κ1) is 28.7. The number of ether oxygens (including phenoxy) is 1. The summed E-state index contributed by atoms with van der Waals surface area (Å²) in [6.45, 7) is -0.528. The highest BCUT2D eigenvalue weighted by Gasteiger charge is 2.45. The molecule has 17 heteroatoms. The maximum absolute atomic E-state index is 11.0. The van der Waals surface area contributed by atoms with Gasteiger partial charge in [-0.2, -0.15) is 4.98 Å². The fourth-order valence-corrected chi connectivity index (χ4v) is 6.10. The smallest absolute Gasteiger partial charge is 0.269 e. The van der Waals surface area contributed by atoms with E-state index >= 15 is 0 Å². The number of benzene rings is 2. The van der Waals surface area contributed by atoms with Gasteiger partial charge in [-0.1, -0.05) is 47.8 Å². The predicted octanol–water partition coefficient (Wildman–Crippen LogP) is 2.42. The molecular weight excluding hydrogens is 578 g/mol. The van der Waals surface area contributed by atoms with Gasteiger partial charge < -0.3 is 25.8 Å². The van der Waals surface area contributed by atoms with E-state index in [0.29, 0.717) is 27.2 Å². The standard InChI is InChI=1S/C24H23N7O8S2/c25-23-27-20-17(21(28-23)40-10-12-1-5-14(6-2-12)30(35)36)26-24(29(20)22-19(34)18(33)16(9-32)39-22)41-11-13-3-7-15(8-4-13)31(37)38/h1-8,16,18-19,22,32-34H,9-11H2,(H2,25,27,28)/t16-,18+,19+,22-/m0/s1. The first-order valence-electron chi connectivity index (χ1n) is 12.1. The summed E-state index contributed by atoms with van der Waals surface area (Å²) < 4.78 is 7.27. The van der Waals surface area contributed by atoms with Gasteiger partial charge in [0, 0.05) is 35.8 Å². The number of thioether (sulfide) groups is 2. The monoisotopic (exact) mass is 601 g/mol. The molecule has 0 amide bonds. The fourth-order valence-electron chi connectivity index (χ4n) is 4.20. The summed E-state index contributed by atoms with van der Waals surface area (Å²) in [6.07, 6.45) is -5.00. The molecule has 5 rings (SSSR count). The third-order valence-electron chi connectivity index (χ3n) is 6.30. The molecule has 2 aromatic heterocycles. The summed E-state index contributed by atoms with van der Waals surface area (Å²) in [4.78, 5) is 34.4. The highest BCUT2D eigenvalue weighted by molar-refractivity contribution is 7.98. The maximum atomic E-state index is 11.0. The number of non-ortho nitro benzene ring substituents is 2. The van der Waals surface area contributed by atoms with Gasteiger partial charge in [0.15, 0.2) is 17.0 Å². The Morgan fingerprint density at radius 3 is 1.95 bits per heavy atom. The molecule has 5 N–H and O–H groups in total. The van der Waals surface area contributed by atoms with E-state index in [-0.39, 0.29) is 23.0 Å². The highest BCUT2D eigenvalue weighted by atomic mass is 32.2. The van der Waals surface area contributed by atoms with Crippen LogP contribution in [0.1, 0.15) is 17.4 Å². The van der Waals surface area contributed by atoms with E-state index in [9.17, 15) is 35.5 Å². The minimum atomic E-state index is -1.42. The van der Waals surface area contributed by atoms with Gasteiger partial charge in [-0.05, 0) is 11.1 Å². The summed E-state index contributed by atoms with van der Waals surface area (Å²) in [5.74, 6) is 0.642. The predicted molar refractivity (Wildman–Crippen MR) is 148 cm³/mol. The van der Waals surface area contributed by atoms with E-state index in [1.54, 1.807) is 24.3 Å². The van der Waals surface area contributed by atoms with Gasteiger partial charge in [0.1, 0.15) is 28.9 Å². The van der Waals surface area contributed by atoms with Crippen molar-refractivity contribution < 1.29 is 29.9 Å². The van der Waals surface area contributed by atoms with Crippen molar-refractivity contribution in [3.8, 4) is 0 Å². The van der Waals surface area contributed by atoms with E-state index in [1.165, 1.54) is 52.4 Å². The Hall–Kier alpha value is -3.87. The molecule has 0 radical (unpaired) electrons. The Labute approximate surface area is 239 Å². The number of imidazole rings is 1. The molecule has 15 nitrogen and oxygen atoms in total. The summed E-state index contributed by atoms with van der Waals surface area (Å²) in [7, 11) is 0. The molecule has 0 bridgehead atoms. The minimum absolute atomic E-state index is 0.0284. The Morgan fingerprint density at radius 1 is 0.878 bits per heavy atom. The van der Waals surface area contributed by atoms with E-state index < -0.39 is 41.0 Å². The number of fused-ring (bicyclic) bond motifs is 1. The number of aliphatic hydroxyl groups is 3. The lowest BCUT2D eigenvalue weighted by molar-refractivity contribution is -0.385. The van der Waals surface area contributed by atoms with Gasteiger partial charge in [-0.3, -0.25) is 24.8 Å². The lowest BCUT2D eigenvalue weighted by Crippen LogP contribution is -2.33. The van der Waals surface area contributed by atoms with Crippen LogP contribution in [0.5, 0.6) is 0 Å². The number of anilines is 1. The second-order valence-corrected chi connectivity index (χ2v) is 10.9. The van der Waals surface area contributed by atoms with Crippen molar-refractivity contribution in [1.82, 2.24) is 19.5 Å². The number of rotatable bonds is 10. The number of nitro groups is 2. The largest absolute Gasteiger partial charge is 0.394 e. The zero-order chi connectivity index (χ0) is 29.3. The molecule has 1 fully saturated rings. The molecule has 4 atom stereocenters. The van der Waals surface area contributed by atoms with Crippen LogP contribution >= 0.6 is 23.5 Å². The zero-order valence-electron chi connectivity index (χ0n) is 21.0. The van der Waals surface area contributed by atoms with Gasteiger partial charge in [0.2, 0.25) is 5.95 Å². The molecule has 41 heavy (non-hydrogen) atoms. The minimum Gasteiger partial charge on any atom is -0.394 e. The van der Waals surface area contributed by atoms with Gasteiger partial charge in [-0.25, -0.2) is 9.97 Å². The number of nitro benzene ring substituents is 2. The summed E-state index contributed by atoms with van der Waals surface area (Å²) in [5.41, 5.74) is 8.09. The number of nitrogens with two attached hydrogens (primary N) is 1. The normalized spacial score (nSPS) is 20.5. The van der Waals surface area contributed by atoms with Crippen molar-refractivity contribution >= 4 is 52.0 Å². The van der Waals surface area contributed by atoms with Crippen LogP contribution in [0.15, 0.2) is 58.7 Å². The summed E-state index contributed by atoms with van der Waals surface area (Å²) in [6, 6.07) is 12.1. The quantitative estimate of drug-likeness (QED) is 0.0886. The Bertz CT molecular complexity index is 1590. The highest BCUT2D eigenvalue weighted by Crippen LogP contribution is 2.39. The van der Waals surface area contributed by atoms with Gasteiger partial charge in [0.05, 0.1) is 16.5 Å². The molecule has 1 saturated heterocycles. The Balaban J connectivity index is 1.50. The molecule has 0 unspecified atom stereocenters. The third kappa shape index (κ3) is 5.95. The van der Waals surface area contributed by atoms with E-state index in [1.807, 2.05) is 0 Å². The van der Waals surface area contributed by atoms with Crippen molar-refractivity contribution in [3.05, 3.63) is 79.9 Å². The topological polar surface area (TPSA) is 226 Å². The lowest BCUT2D eigenvalue weighted by Gasteiger charge is -2.19. The maximum Gasteiger partial charge on any atom is 0.269 e. The third-order valence-corrected chi connectivity index (χ3v) is 8.36. The van der Waals surface area contributed by atoms with Gasteiger partial charge in [0.25, 0.3) is 11.4 Å². The molecule has 1 aliphatic heterocycles. The van der Waals surface area contributed by atoms with E-state index in [2.05, 4.69) is 9.97 Å². The molecule has 2 aromatic carbocycles. The molecule has 0 spiro atoms. The average molecular weight is 602 g/mol. The average Bonchev–Trinajstić information content (AvgIpc) is 3.46. The van der Waals surface area contributed by atoms with E-state index in [0.717, 1.165) is 11.1 Å². The van der Waals surface area contributed by atoms with Crippen LogP contribution in [-0.4, -0.2) is 69.6 Å². The van der Waals surface area contributed by atoms with Crippen LogP contribution in [0.3, 0.4) is 0 Å². The SMILES string of the molecule is Nc1nc(SCc2ccc([N+](=O)[O-])cc2)c2nc(SCc3ccc([N+](=O)[O-])cc3)n([C@H]3O[C@@H](CO)[C@@H](O)[C@H]3O)c2n1. The number of hydrogen-bond acceptors (Lipinski definition) is 14. The van der Waals surface area contributed by atoms with Crippen LogP contribution < -0.4 is 5.73 Å². The molecule has 0 saturated carbocycles. The van der Waals surface area contributed by atoms with Crippen molar-refractivity contribution in [3.63, 3.8) is 0 Å². The Morgan fingerprint density at radius 2 is 1.44 bits per heavy atom. The fraction of sp³-hybridized carbons (Fsp3) is 0.292. The van der Waals surface area contributed by atoms with E-state index in [4.69, 9.17) is 15.5 Å². The molecule has 3 heterocycles. The van der Waals surface area contributed by atoms with Gasteiger partial charge in [-0.15, -0.1) is 0 Å². The molecular formula is C24H23N7O8S2. The van der Waals surface area contributed by atoms with Crippen molar-refractivity contribution in [2.45, 2.75) is 46.2 Å². The molecule has 214 valence electrons. The number of nitrogen functional groups attached to an aromatic ring is 1. The zero-order valence-corrected chi connectivity index (χ0v) is 22.6. The van der Waals surface area contributed by atoms with Crippen LogP contribution in [0, 0.1) is 20.2 Å². The molecule has 1 aliphatic rings. The van der Waals surface area contributed by atoms with Crippen LogP contribution in [0.4, 0.5) is 17.3 Å².